The van der Waals surface area contributed by atoms with Crippen molar-refractivity contribution in [1.82, 2.24) is 4.90 Å². The summed E-state index contributed by atoms with van der Waals surface area (Å²) < 4.78 is 10.1. The van der Waals surface area contributed by atoms with Gasteiger partial charge in [-0.3, -0.25) is 4.79 Å². The van der Waals surface area contributed by atoms with Crippen LogP contribution in [0.15, 0.2) is 71.9 Å². The highest BCUT2D eigenvalue weighted by atomic mass is 16.5. The molecule has 3 aromatic rings. The predicted molar refractivity (Wildman–Crippen MR) is 122 cm³/mol. The highest BCUT2D eigenvalue weighted by Crippen LogP contribution is 2.30. The SMILES string of the molecule is COC(=O)C1=C(Nc2cccc(-c3ccc4cc(OC)ccc4c3)c2)C(=O)N(CCO)C1. The molecule has 0 spiro atoms. The number of aliphatic hydroxyl groups is 1. The number of β-amino-alcohol motifs (C(OH)–C–C–N with tert-alkyl or cyclic N) is 1. The van der Waals surface area contributed by atoms with E-state index < -0.39 is 5.97 Å². The minimum Gasteiger partial charge on any atom is -0.497 e. The largest absolute Gasteiger partial charge is 0.497 e. The number of fused-ring (bicyclic) bond motifs is 1. The second kappa shape index (κ2) is 9.11. The minimum atomic E-state index is -0.567. The van der Waals surface area contributed by atoms with Gasteiger partial charge in [0.15, 0.2) is 0 Å². The number of hydrogen-bond donors (Lipinski definition) is 2. The first-order chi connectivity index (χ1) is 15.5. The molecular weight excluding hydrogens is 408 g/mol. The molecule has 0 unspecified atom stereocenters. The van der Waals surface area contributed by atoms with Crippen molar-refractivity contribution in [3.8, 4) is 16.9 Å². The van der Waals surface area contributed by atoms with Crippen molar-refractivity contribution >= 4 is 28.3 Å². The van der Waals surface area contributed by atoms with E-state index >= 15 is 0 Å². The van der Waals surface area contributed by atoms with Gasteiger partial charge in [0, 0.05) is 12.2 Å². The molecule has 7 nitrogen and oxygen atoms in total. The van der Waals surface area contributed by atoms with Crippen molar-refractivity contribution in [3.63, 3.8) is 0 Å². The number of hydrogen-bond acceptors (Lipinski definition) is 6. The van der Waals surface area contributed by atoms with Gasteiger partial charge in [-0.15, -0.1) is 0 Å². The number of nitrogens with zero attached hydrogens (tertiary/aromatic N) is 1. The van der Waals surface area contributed by atoms with E-state index in [2.05, 4.69) is 11.4 Å². The van der Waals surface area contributed by atoms with Crippen molar-refractivity contribution in [3.05, 3.63) is 71.9 Å². The summed E-state index contributed by atoms with van der Waals surface area (Å²) in [6.45, 7) is 0.0610. The van der Waals surface area contributed by atoms with E-state index in [4.69, 9.17) is 9.47 Å². The van der Waals surface area contributed by atoms with Crippen molar-refractivity contribution in [2.45, 2.75) is 0 Å². The quantitative estimate of drug-likeness (QED) is 0.558. The van der Waals surface area contributed by atoms with E-state index in [1.807, 2.05) is 54.6 Å². The first kappa shape index (κ1) is 21.4. The number of esters is 1. The molecule has 0 aliphatic carbocycles. The summed E-state index contributed by atoms with van der Waals surface area (Å²) >= 11 is 0. The zero-order valence-corrected chi connectivity index (χ0v) is 17.9. The molecule has 32 heavy (non-hydrogen) atoms. The maximum absolute atomic E-state index is 12.8. The fourth-order valence-electron chi connectivity index (χ4n) is 3.80. The van der Waals surface area contributed by atoms with Crippen LogP contribution in [-0.2, 0) is 14.3 Å². The van der Waals surface area contributed by atoms with Gasteiger partial charge in [0.2, 0.25) is 0 Å². The molecule has 0 atom stereocenters. The number of carbonyl (C=O) groups excluding carboxylic acids is 2. The number of rotatable bonds is 7. The average molecular weight is 432 g/mol. The van der Waals surface area contributed by atoms with Gasteiger partial charge in [0.05, 0.1) is 32.9 Å². The van der Waals surface area contributed by atoms with Crippen molar-refractivity contribution in [1.29, 1.82) is 0 Å². The fourth-order valence-corrected chi connectivity index (χ4v) is 3.80. The van der Waals surface area contributed by atoms with Gasteiger partial charge in [-0.1, -0.05) is 30.3 Å². The molecule has 0 bridgehead atoms. The number of nitrogens with one attached hydrogen (secondary N) is 1. The molecule has 1 heterocycles. The number of aliphatic hydroxyl groups excluding tert-OH is 1. The van der Waals surface area contributed by atoms with Gasteiger partial charge < -0.3 is 24.8 Å². The van der Waals surface area contributed by atoms with Crippen LogP contribution in [0.5, 0.6) is 5.75 Å². The lowest BCUT2D eigenvalue weighted by Crippen LogP contribution is -2.31. The Bertz CT molecular complexity index is 1220. The Morgan fingerprint density at radius 2 is 1.78 bits per heavy atom. The van der Waals surface area contributed by atoms with Gasteiger partial charge in [-0.2, -0.15) is 0 Å². The van der Waals surface area contributed by atoms with Crippen LogP contribution >= 0.6 is 0 Å². The Morgan fingerprint density at radius 1 is 1.03 bits per heavy atom. The molecule has 4 rings (SSSR count). The standard InChI is InChI=1S/C25H24N2O5/c1-31-21-9-8-18-12-17(6-7-19(18)14-21)16-4-3-5-20(13-16)26-23-22(25(30)32-2)15-27(10-11-28)24(23)29/h3-9,12-14,26,28H,10-11,15H2,1-2H3. The molecule has 0 saturated carbocycles. The first-order valence-electron chi connectivity index (χ1n) is 10.2. The second-order valence-corrected chi connectivity index (χ2v) is 7.43. The third kappa shape index (κ3) is 4.15. The zero-order valence-electron chi connectivity index (χ0n) is 17.9. The lowest BCUT2D eigenvalue weighted by molar-refractivity contribution is -0.136. The summed E-state index contributed by atoms with van der Waals surface area (Å²) in [5.74, 6) is -0.102. The van der Waals surface area contributed by atoms with Crippen LogP contribution in [0.3, 0.4) is 0 Å². The lowest BCUT2D eigenvalue weighted by Gasteiger charge is -2.15. The molecule has 7 heteroatoms. The Labute approximate surface area is 185 Å². The molecule has 0 radical (unpaired) electrons. The molecule has 0 aromatic heterocycles. The molecule has 0 fully saturated rings. The van der Waals surface area contributed by atoms with Crippen molar-refractivity contribution < 1.29 is 24.2 Å². The normalized spacial score (nSPS) is 13.6. The van der Waals surface area contributed by atoms with E-state index in [0.29, 0.717) is 5.69 Å². The van der Waals surface area contributed by atoms with Crippen LogP contribution in [0.1, 0.15) is 0 Å². The Balaban J connectivity index is 1.64. The number of amides is 1. The van der Waals surface area contributed by atoms with E-state index in [1.54, 1.807) is 7.11 Å². The molecule has 1 amide bonds. The number of methoxy groups -OCH3 is 2. The van der Waals surface area contributed by atoms with Gasteiger partial charge in [-0.05, 0) is 52.2 Å². The van der Waals surface area contributed by atoms with Gasteiger partial charge >= 0.3 is 5.97 Å². The van der Waals surface area contributed by atoms with Crippen LogP contribution in [0.4, 0.5) is 5.69 Å². The Hall–Kier alpha value is -3.84. The highest BCUT2D eigenvalue weighted by Gasteiger charge is 2.34. The summed E-state index contributed by atoms with van der Waals surface area (Å²) in [5, 5.41) is 14.5. The van der Waals surface area contributed by atoms with Crippen LogP contribution in [-0.4, -0.2) is 55.8 Å². The third-order valence-electron chi connectivity index (χ3n) is 5.47. The first-order valence-corrected chi connectivity index (χ1v) is 10.2. The molecule has 1 aliphatic rings. The van der Waals surface area contributed by atoms with Gasteiger partial charge in [0.1, 0.15) is 11.4 Å². The number of benzene rings is 3. The van der Waals surface area contributed by atoms with Crippen LogP contribution in [0.25, 0.3) is 21.9 Å². The van der Waals surface area contributed by atoms with Crippen LogP contribution < -0.4 is 10.1 Å². The van der Waals surface area contributed by atoms with E-state index in [1.165, 1.54) is 12.0 Å². The van der Waals surface area contributed by atoms with E-state index in [-0.39, 0.29) is 36.9 Å². The summed E-state index contributed by atoms with van der Waals surface area (Å²) in [6.07, 6.45) is 0. The summed E-state index contributed by atoms with van der Waals surface area (Å²) in [5.41, 5.74) is 3.08. The fraction of sp³-hybridized carbons (Fsp3) is 0.200. The number of carbonyl (C=O) groups is 2. The average Bonchev–Trinajstić information content (AvgIpc) is 3.13. The van der Waals surface area contributed by atoms with Gasteiger partial charge in [-0.25, -0.2) is 4.79 Å². The zero-order chi connectivity index (χ0) is 22.7. The molecular formula is C25H24N2O5. The number of ether oxygens (including phenoxy) is 2. The van der Waals surface area contributed by atoms with Crippen molar-refractivity contribution in [2.75, 3.05) is 39.2 Å². The maximum atomic E-state index is 12.8. The Morgan fingerprint density at radius 3 is 2.53 bits per heavy atom. The molecule has 2 N–H and O–H groups in total. The maximum Gasteiger partial charge on any atom is 0.337 e. The number of anilines is 1. The minimum absolute atomic E-state index is 0.0994. The predicted octanol–water partition coefficient (Wildman–Crippen LogP) is 3.19. The monoisotopic (exact) mass is 432 g/mol. The van der Waals surface area contributed by atoms with E-state index in [9.17, 15) is 14.7 Å². The molecule has 3 aromatic carbocycles. The third-order valence-corrected chi connectivity index (χ3v) is 5.47. The van der Waals surface area contributed by atoms with Gasteiger partial charge in [0.25, 0.3) is 5.91 Å². The summed E-state index contributed by atoms with van der Waals surface area (Å²) in [6, 6.07) is 19.7. The van der Waals surface area contributed by atoms with Crippen molar-refractivity contribution in [2.24, 2.45) is 0 Å². The highest BCUT2D eigenvalue weighted by molar-refractivity contribution is 6.08. The smallest absolute Gasteiger partial charge is 0.337 e. The van der Waals surface area contributed by atoms with Crippen LogP contribution in [0.2, 0.25) is 0 Å². The van der Waals surface area contributed by atoms with E-state index in [0.717, 1.165) is 27.6 Å². The second-order valence-electron chi connectivity index (χ2n) is 7.43. The summed E-state index contributed by atoms with van der Waals surface area (Å²) in [7, 11) is 2.93. The molecule has 1 aliphatic heterocycles. The Kier molecular flexibility index (Phi) is 6.09. The summed E-state index contributed by atoms with van der Waals surface area (Å²) in [4.78, 5) is 26.4. The lowest BCUT2D eigenvalue weighted by atomic mass is 10.0. The molecule has 0 saturated heterocycles. The topological polar surface area (TPSA) is 88.1 Å². The molecule has 164 valence electrons. The van der Waals surface area contributed by atoms with Crippen LogP contribution in [0, 0.1) is 0 Å².